The maximum Gasteiger partial charge on any atom is 0.410 e. The molecule has 1 aromatic heterocycles. The summed E-state index contributed by atoms with van der Waals surface area (Å²) in [6.45, 7) is 1.28. The number of aromatic nitrogens is 2. The monoisotopic (exact) mass is 585 g/mol. The Morgan fingerprint density at radius 1 is 1.16 bits per heavy atom. The molecular weight excluding hydrogens is 558 g/mol. The predicted molar refractivity (Wildman–Crippen MR) is 141 cm³/mol. The number of carbonyl (C=O) groups excluding carboxylic acids is 3. The summed E-state index contributed by atoms with van der Waals surface area (Å²) in [6, 6.07) is 12.8. The summed E-state index contributed by atoms with van der Waals surface area (Å²) in [5.41, 5.74) is 0.759. The first kappa shape index (κ1) is 27.5. The van der Waals surface area contributed by atoms with Gasteiger partial charge in [0.2, 0.25) is 0 Å². The van der Waals surface area contributed by atoms with Gasteiger partial charge in [-0.3, -0.25) is 19.0 Å². The highest BCUT2D eigenvalue weighted by atomic mass is 79.9. The first-order chi connectivity index (χ1) is 18.3. The van der Waals surface area contributed by atoms with Crippen molar-refractivity contribution in [1.82, 2.24) is 14.5 Å². The van der Waals surface area contributed by atoms with E-state index in [1.54, 1.807) is 37.3 Å². The van der Waals surface area contributed by atoms with Crippen LogP contribution in [-0.4, -0.2) is 62.7 Å². The Morgan fingerprint density at radius 3 is 2.66 bits per heavy atom. The maximum absolute atomic E-state index is 13.6. The molecule has 3 atom stereocenters. The molecule has 1 aliphatic heterocycles. The number of ketones is 1. The molecule has 0 radical (unpaired) electrons. The molecule has 10 nitrogen and oxygen atoms in total. The quantitative estimate of drug-likeness (QED) is 0.315. The van der Waals surface area contributed by atoms with Gasteiger partial charge in [-0.1, -0.05) is 46.3 Å². The van der Waals surface area contributed by atoms with E-state index in [1.807, 2.05) is 18.2 Å². The van der Waals surface area contributed by atoms with E-state index in [9.17, 15) is 24.3 Å². The van der Waals surface area contributed by atoms with E-state index in [2.05, 4.69) is 20.9 Å². The average Bonchev–Trinajstić information content (AvgIpc) is 2.90. The number of halogens is 1. The van der Waals surface area contributed by atoms with Crippen LogP contribution in [-0.2, 0) is 32.2 Å². The number of ether oxygens (including phenoxy) is 2. The minimum absolute atomic E-state index is 0.00373. The van der Waals surface area contributed by atoms with Gasteiger partial charge < -0.3 is 19.5 Å². The minimum Gasteiger partial charge on any atom is -0.465 e. The van der Waals surface area contributed by atoms with Crippen molar-refractivity contribution in [2.45, 2.75) is 45.1 Å². The van der Waals surface area contributed by atoms with E-state index in [0.717, 1.165) is 14.6 Å². The van der Waals surface area contributed by atoms with Crippen LogP contribution in [0.15, 0.2) is 64.1 Å². The number of benzene rings is 2. The number of likely N-dealkylation sites (tertiary alicyclic amines) is 1. The zero-order valence-corrected chi connectivity index (χ0v) is 22.4. The van der Waals surface area contributed by atoms with E-state index >= 15 is 0 Å². The van der Waals surface area contributed by atoms with Gasteiger partial charge in [0, 0.05) is 11.0 Å². The fourth-order valence-electron chi connectivity index (χ4n) is 4.62. The molecule has 3 aromatic rings. The number of aliphatic hydroxyl groups excluding tert-OH is 1. The fraction of sp³-hybridized carbons (Fsp3) is 0.370. The summed E-state index contributed by atoms with van der Waals surface area (Å²) < 4.78 is 12.5. The van der Waals surface area contributed by atoms with Crippen LogP contribution in [0.3, 0.4) is 0 Å². The summed E-state index contributed by atoms with van der Waals surface area (Å²) in [5.74, 6) is -3.09. The number of carbonyl (C=O) groups is 3. The van der Waals surface area contributed by atoms with Gasteiger partial charge in [-0.25, -0.2) is 9.78 Å². The van der Waals surface area contributed by atoms with Crippen LogP contribution >= 0.6 is 15.9 Å². The summed E-state index contributed by atoms with van der Waals surface area (Å²) in [4.78, 5) is 58.2. The molecule has 0 saturated carbocycles. The van der Waals surface area contributed by atoms with Crippen LogP contribution in [0.4, 0.5) is 4.79 Å². The van der Waals surface area contributed by atoms with E-state index < -0.39 is 48.0 Å². The van der Waals surface area contributed by atoms with E-state index in [0.29, 0.717) is 17.3 Å². The number of piperidine rings is 1. The molecule has 11 heteroatoms. The number of hydrogen-bond donors (Lipinski definition) is 1. The van der Waals surface area contributed by atoms with Crippen molar-refractivity contribution >= 4 is 44.7 Å². The Morgan fingerprint density at radius 2 is 1.92 bits per heavy atom. The second-order valence-electron chi connectivity index (χ2n) is 8.97. The summed E-state index contributed by atoms with van der Waals surface area (Å²) in [7, 11) is 0. The molecule has 4 rings (SSSR count). The minimum atomic E-state index is -1.53. The number of esters is 1. The van der Waals surface area contributed by atoms with Gasteiger partial charge in [0.1, 0.15) is 12.5 Å². The molecule has 200 valence electrons. The molecule has 38 heavy (non-hydrogen) atoms. The zero-order valence-electron chi connectivity index (χ0n) is 20.8. The van der Waals surface area contributed by atoms with Crippen molar-refractivity contribution in [2.75, 3.05) is 13.2 Å². The fourth-order valence-corrected chi connectivity index (χ4v) is 4.97. The van der Waals surface area contributed by atoms with Crippen molar-refractivity contribution in [2.24, 2.45) is 5.92 Å². The van der Waals surface area contributed by atoms with Gasteiger partial charge >= 0.3 is 12.1 Å². The Kier molecular flexibility index (Phi) is 8.90. The third-order valence-corrected chi connectivity index (χ3v) is 6.93. The van der Waals surface area contributed by atoms with Crippen molar-refractivity contribution < 1.29 is 29.0 Å². The Hall–Kier alpha value is -3.57. The number of hydrogen-bond acceptors (Lipinski definition) is 8. The Labute approximate surface area is 227 Å². The van der Waals surface area contributed by atoms with E-state index in [1.165, 1.54) is 11.2 Å². The number of nitrogens with zero attached hydrogens (tertiary/aromatic N) is 3. The molecule has 1 aliphatic rings. The van der Waals surface area contributed by atoms with Crippen LogP contribution in [0.2, 0.25) is 0 Å². The lowest BCUT2D eigenvalue weighted by Gasteiger charge is -2.41. The first-order valence-corrected chi connectivity index (χ1v) is 13.1. The van der Waals surface area contributed by atoms with E-state index in [-0.39, 0.29) is 26.2 Å². The SMILES string of the molecule is CCOC(=O)C(C(=O)Cn1cnc2cc(Br)ccc2c1=O)C1C(O)CCCN1C(=O)OCc1ccccc1. The van der Waals surface area contributed by atoms with Crippen LogP contribution in [0.5, 0.6) is 0 Å². The molecule has 1 saturated heterocycles. The molecule has 1 fully saturated rings. The van der Waals surface area contributed by atoms with Crippen LogP contribution < -0.4 is 5.56 Å². The normalized spacial score (nSPS) is 18.1. The summed E-state index contributed by atoms with van der Waals surface area (Å²) >= 11 is 3.34. The van der Waals surface area contributed by atoms with Crippen LogP contribution in [0.25, 0.3) is 10.9 Å². The smallest absolute Gasteiger partial charge is 0.410 e. The zero-order chi connectivity index (χ0) is 27.2. The maximum atomic E-state index is 13.6. The molecular formula is C27H28BrN3O7. The molecule has 2 aromatic carbocycles. The second-order valence-corrected chi connectivity index (χ2v) is 9.88. The van der Waals surface area contributed by atoms with Crippen molar-refractivity contribution in [3.05, 3.63) is 75.2 Å². The van der Waals surface area contributed by atoms with Crippen molar-refractivity contribution in [1.29, 1.82) is 0 Å². The van der Waals surface area contributed by atoms with Crippen molar-refractivity contribution in [3.8, 4) is 0 Å². The Bertz CT molecular complexity index is 1380. The van der Waals surface area contributed by atoms with E-state index in [4.69, 9.17) is 9.47 Å². The standard InChI is InChI=1S/C27H28BrN3O7/c1-2-37-26(35)23(22(33)14-30-16-29-20-13-18(28)10-11-19(20)25(30)34)24-21(32)9-6-12-31(24)27(36)38-15-17-7-4-3-5-8-17/h3-5,7-8,10-11,13,16,21,23-24,32H,2,6,9,12,14-15H2,1H3. The van der Waals surface area contributed by atoms with Gasteiger partial charge in [-0.2, -0.15) is 0 Å². The summed E-state index contributed by atoms with van der Waals surface area (Å²) in [5, 5.41) is 11.2. The topological polar surface area (TPSA) is 128 Å². The molecule has 0 bridgehead atoms. The third-order valence-electron chi connectivity index (χ3n) is 6.44. The highest BCUT2D eigenvalue weighted by Crippen LogP contribution is 2.27. The van der Waals surface area contributed by atoms with Gasteiger partial charge in [0.15, 0.2) is 5.78 Å². The summed E-state index contributed by atoms with van der Waals surface area (Å²) in [6.07, 6.45) is 0.0548. The molecule has 1 amide bonds. The predicted octanol–water partition coefficient (Wildman–Crippen LogP) is 3.07. The highest BCUT2D eigenvalue weighted by molar-refractivity contribution is 9.10. The molecule has 3 unspecified atom stereocenters. The number of amides is 1. The number of rotatable bonds is 8. The first-order valence-electron chi connectivity index (χ1n) is 12.3. The lowest BCUT2D eigenvalue weighted by atomic mass is 9.85. The second kappa shape index (κ2) is 12.3. The average molecular weight is 586 g/mol. The lowest BCUT2D eigenvalue weighted by molar-refractivity contribution is -0.158. The van der Waals surface area contributed by atoms with Crippen LogP contribution in [0.1, 0.15) is 25.3 Å². The van der Waals surface area contributed by atoms with Gasteiger partial charge in [-0.15, -0.1) is 0 Å². The van der Waals surface area contributed by atoms with Gasteiger partial charge in [0.25, 0.3) is 5.56 Å². The molecule has 1 N–H and O–H groups in total. The number of fused-ring (bicyclic) bond motifs is 1. The Balaban J connectivity index is 1.61. The van der Waals surface area contributed by atoms with Crippen molar-refractivity contribution in [3.63, 3.8) is 0 Å². The molecule has 0 aliphatic carbocycles. The lowest BCUT2D eigenvalue weighted by Crippen LogP contribution is -2.58. The number of aliphatic hydroxyl groups is 1. The molecule has 2 heterocycles. The van der Waals surface area contributed by atoms with Gasteiger partial charge in [-0.05, 0) is 43.5 Å². The highest BCUT2D eigenvalue weighted by Gasteiger charge is 2.47. The largest absolute Gasteiger partial charge is 0.465 e. The van der Waals surface area contributed by atoms with Gasteiger partial charge in [0.05, 0.1) is 42.5 Å². The third kappa shape index (κ3) is 6.11. The van der Waals surface area contributed by atoms with Crippen LogP contribution in [0, 0.1) is 5.92 Å². The molecule has 0 spiro atoms. The number of Topliss-reactive ketones (excluding diaryl/α,β-unsaturated/α-hetero) is 1.